The largest absolute Gasteiger partial charge is 0.493 e. The van der Waals surface area contributed by atoms with Crippen LogP contribution < -0.4 is 9.47 Å². The summed E-state index contributed by atoms with van der Waals surface area (Å²) in [4.78, 5) is 0.130. The van der Waals surface area contributed by atoms with Gasteiger partial charge in [-0.15, -0.1) is 0 Å². The van der Waals surface area contributed by atoms with Crippen LogP contribution in [0.3, 0.4) is 0 Å². The third kappa shape index (κ3) is 4.03. The summed E-state index contributed by atoms with van der Waals surface area (Å²) in [6.45, 7) is 1.88. The van der Waals surface area contributed by atoms with Gasteiger partial charge in [-0.05, 0) is 36.8 Å². The van der Waals surface area contributed by atoms with Gasteiger partial charge in [0, 0.05) is 6.21 Å². The van der Waals surface area contributed by atoms with Gasteiger partial charge in [-0.2, -0.15) is 12.8 Å². The molecule has 5 nitrogen and oxygen atoms in total. The number of ether oxygens (including phenoxy) is 2. The Balaban J connectivity index is 2.36. The van der Waals surface area contributed by atoms with Crippen molar-refractivity contribution < 1.29 is 17.9 Å². The van der Waals surface area contributed by atoms with Crippen LogP contribution in [0.15, 0.2) is 45.7 Å². The van der Waals surface area contributed by atoms with Gasteiger partial charge in [0.1, 0.15) is 0 Å². The molecule has 7 heteroatoms. The second-order valence-corrected chi connectivity index (χ2v) is 6.80. The van der Waals surface area contributed by atoms with Crippen LogP contribution in [0.25, 0.3) is 0 Å². The average molecular weight is 354 g/mol. The van der Waals surface area contributed by atoms with Crippen LogP contribution in [0.5, 0.6) is 11.5 Å². The van der Waals surface area contributed by atoms with Gasteiger partial charge >= 0.3 is 0 Å². The van der Waals surface area contributed by atoms with E-state index in [9.17, 15) is 8.42 Å². The molecule has 0 unspecified atom stereocenters. The smallest absolute Gasteiger partial charge is 0.282 e. The zero-order valence-corrected chi connectivity index (χ0v) is 14.5. The highest BCUT2D eigenvalue weighted by molar-refractivity contribution is 7.90. The number of benzene rings is 2. The first kappa shape index (κ1) is 17.3. The second-order valence-electron chi connectivity index (χ2n) is 4.76. The van der Waals surface area contributed by atoms with Crippen LogP contribution in [0, 0.1) is 6.92 Å². The summed E-state index contributed by atoms with van der Waals surface area (Å²) in [5.74, 6) is 0.780. The van der Waals surface area contributed by atoms with E-state index in [0.29, 0.717) is 22.1 Å². The van der Waals surface area contributed by atoms with Crippen molar-refractivity contribution in [3.8, 4) is 11.5 Å². The van der Waals surface area contributed by atoms with E-state index in [4.69, 9.17) is 21.1 Å². The Morgan fingerprint density at radius 2 is 1.74 bits per heavy atom. The molecule has 2 rings (SSSR count). The Morgan fingerprint density at radius 3 is 2.30 bits per heavy atom. The standard InChI is InChI=1S/C16H16ClNO4S/c1-11-4-6-13(7-5-11)23(19,20)18-10-12-8-14(17)16(22-3)15(9-12)21-2/h4-10H,1-3H3/b18-10-. The molecule has 0 aliphatic heterocycles. The van der Waals surface area contributed by atoms with Crippen molar-refractivity contribution in [3.63, 3.8) is 0 Å². The van der Waals surface area contributed by atoms with Gasteiger partial charge in [-0.25, -0.2) is 0 Å². The predicted octanol–water partition coefficient (Wildman–Crippen LogP) is 3.47. The zero-order chi connectivity index (χ0) is 17.0. The summed E-state index contributed by atoms with van der Waals surface area (Å²) >= 11 is 6.08. The van der Waals surface area contributed by atoms with Crippen molar-refractivity contribution in [1.82, 2.24) is 0 Å². The van der Waals surface area contributed by atoms with E-state index in [2.05, 4.69) is 4.40 Å². The first-order valence-electron chi connectivity index (χ1n) is 6.66. The van der Waals surface area contributed by atoms with E-state index < -0.39 is 10.0 Å². The lowest BCUT2D eigenvalue weighted by atomic mass is 10.2. The molecule has 2 aromatic carbocycles. The Kier molecular flexibility index (Phi) is 5.28. The minimum Gasteiger partial charge on any atom is -0.493 e. The van der Waals surface area contributed by atoms with Crippen LogP contribution in [0.1, 0.15) is 11.1 Å². The van der Waals surface area contributed by atoms with Gasteiger partial charge in [0.2, 0.25) is 0 Å². The zero-order valence-electron chi connectivity index (χ0n) is 12.9. The summed E-state index contributed by atoms with van der Waals surface area (Å²) in [5.41, 5.74) is 1.46. The highest BCUT2D eigenvalue weighted by atomic mass is 35.5. The van der Waals surface area contributed by atoms with Crippen LogP contribution in [0.4, 0.5) is 0 Å². The molecule has 0 saturated heterocycles. The van der Waals surface area contributed by atoms with E-state index in [0.717, 1.165) is 5.56 Å². The van der Waals surface area contributed by atoms with Crippen LogP contribution in [-0.4, -0.2) is 28.9 Å². The molecule has 0 amide bonds. The molecule has 23 heavy (non-hydrogen) atoms. The van der Waals surface area contributed by atoms with Crippen LogP contribution in [-0.2, 0) is 10.0 Å². The van der Waals surface area contributed by atoms with Gasteiger partial charge in [0.25, 0.3) is 10.0 Å². The second kappa shape index (κ2) is 7.02. The maximum absolute atomic E-state index is 12.2. The normalized spacial score (nSPS) is 11.7. The van der Waals surface area contributed by atoms with E-state index in [1.54, 1.807) is 24.3 Å². The van der Waals surface area contributed by atoms with Gasteiger partial charge < -0.3 is 9.47 Å². The molecular formula is C16H16ClNO4S. The highest BCUT2D eigenvalue weighted by Gasteiger charge is 2.13. The monoisotopic (exact) mass is 353 g/mol. The lowest BCUT2D eigenvalue weighted by Crippen LogP contribution is -1.98. The summed E-state index contributed by atoms with van der Waals surface area (Å²) in [6, 6.07) is 9.62. The molecule has 2 aromatic rings. The van der Waals surface area contributed by atoms with Gasteiger partial charge in [0.15, 0.2) is 11.5 Å². The number of methoxy groups -OCH3 is 2. The van der Waals surface area contributed by atoms with Gasteiger partial charge in [-0.1, -0.05) is 29.3 Å². The molecule has 0 bridgehead atoms. The Labute approximate surface area is 140 Å². The van der Waals surface area contributed by atoms with Crippen molar-refractivity contribution in [2.24, 2.45) is 4.40 Å². The molecule has 0 aromatic heterocycles. The molecule has 0 fully saturated rings. The van der Waals surface area contributed by atoms with E-state index in [1.165, 1.54) is 32.6 Å². The lowest BCUT2D eigenvalue weighted by molar-refractivity contribution is 0.355. The predicted molar refractivity (Wildman–Crippen MR) is 90.5 cm³/mol. The van der Waals surface area contributed by atoms with E-state index >= 15 is 0 Å². The number of hydrogen-bond donors (Lipinski definition) is 0. The molecule has 0 radical (unpaired) electrons. The number of nitrogens with zero attached hydrogens (tertiary/aromatic N) is 1. The number of rotatable bonds is 5. The van der Waals surface area contributed by atoms with E-state index in [-0.39, 0.29) is 4.90 Å². The quantitative estimate of drug-likeness (QED) is 0.772. The maximum atomic E-state index is 12.2. The van der Waals surface area contributed by atoms with Crippen molar-refractivity contribution in [2.45, 2.75) is 11.8 Å². The molecule has 0 atom stereocenters. The Bertz CT molecular complexity index is 830. The fraction of sp³-hybridized carbons (Fsp3) is 0.188. The average Bonchev–Trinajstić information content (AvgIpc) is 2.52. The molecule has 0 heterocycles. The van der Waals surface area contributed by atoms with E-state index in [1.807, 2.05) is 6.92 Å². The lowest BCUT2D eigenvalue weighted by Gasteiger charge is -2.09. The summed E-state index contributed by atoms with van der Waals surface area (Å²) < 4.78 is 38.4. The first-order chi connectivity index (χ1) is 10.9. The Morgan fingerprint density at radius 1 is 1.09 bits per heavy atom. The first-order valence-corrected chi connectivity index (χ1v) is 8.47. The fourth-order valence-electron chi connectivity index (χ4n) is 1.91. The molecule has 0 N–H and O–H groups in total. The fourth-order valence-corrected chi connectivity index (χ4v) is 3.07. The van der Waals surface area contributed by atoms with Crippen LogP contribution in [0.2, 0.25) is 5.02 Å². The molecular weight excluding hydrogens is 338 g/mol. The topological polar surface area (TPSA) is 65.0 Å². The number of hydrogen-bond acceptors (Lipinski definition) is 4. The maximum Gasteiger partial charge on any atom is 0.282 e. The van der Waals surface area contributed by atoms with Crippen molar-refractivity contribution in [1.29, 1.82) is 0 Å². The minimum atomic E-state index is -3.77. The highest BCUT2D eigenvalue weighted by Crippen LogP contribution is 2.35. The SMILES string of the molecule is COc1cc(/C=N\S(=O)(=O)c2ccc(C)cc2)cc(Cl)c1OC. The van der Waals surface area contributed by atoms with Crippen molar-refractivity contribution in [2.75, 3.05) is 14.2 Å². The molecule has 122 valence electrons. The van der Waals surface area contributed by atoms with Gasteiger partial charge in [-0.3, -0.25) is 0 Å². The molecule has 0 aliphatic rings. The van der Waals surface area contributed by atoms with Gasteiger partial charge in [0.05, 0.1) is 24.1 Å². The van der Waals surface area contributed by atoms with Crippen molar-refractivity contribution in [3.05, 3.63) is 52.5 Å². The summed E-state index contributed by atoms with van der Waals surface area (Å²) in [7, 11) is -0.827. The Hall–Kier alpha value is -2.05. The number of aryl methyl sites for hydroxylation is 1. The number of halogens is 1. The summed E-state index contributed by atoms with van der Waals surface area (Å²) in [6.07, 6.45) is 1.23. The molecule has 0 saturated carbocycles. The van der Waals surface area contributed by atoms with Crippen LogP contribution >= 0.6 is 11.6 Å². The molecule has 0 aliphatic carbocycles. The third-order valence-corrected chi connectivity index (χ3v) is 4.65. The summed E-state index contributed by atoms with van der Waals surface area (Å²) in [5, 5.41) is 0.307. The minimum absolute atomic E-state index is 0.130. The molecule has 0 spiro atoms. The third-order valence-electron chi connectivity index (χ3n) is 3.12. The number of sulfonamides is 1. The van der Waals surface area contributed by atoms with Crippen molar-refractivity contribution >= 4 is 27.8 Å².